The molecule has 2 amide bonds. The third-order valence-corrected chi connectivity index (χ3v) is 2.84. The van der Waals surface area contributed by atoms with Crippen molar-refractivity contribution >= 4 is 17.6 Å². The number of hydrogen-bond acceptors (Lipinski definition) is 5. The molecule has 1 heterocycles. The Labute approximate surface area is 116 Å². The molecular weight excluding hydrogens is 262 g/mol. The number of hydrogen-bond donors (Lipinski definition) is 0. The maximum atomic E-state index is 12.0. The number of ketones is 1. The molecule has 2 rings (SSSR count). The van der Waals surface area contributed by atoms with Crippen molar-refractivity contribution in [2.75, 3.05) is 26.4 Å². The van der Waals surface area contributed by atoms with E-state index in [4.69, 9.17) is 9.47 Å². The van der Waals surface area contributed by atoms with Crippen molar-refractivity contribution in [3.8, 4) is 5.75 Å². The summed E-state index contributed by atoms with van der Waals surface area (Å²) in [6, 6.07) is 6.59. The first kappa shape index (κ1) is 14.2. The van der Waals surface area contributed by atoms with Gasteiger partial charge in [0.25, 0.3) is 11.8 Å². The summed E-state index contributed by atoms with van der Waals surface area (Å²) in [6.45, 7) is 1.83. The van der Waals surface area contributed by atoms with Gasteiger partial charge in [-0.05, 0) is 31.2 Å². The van der Waals surface area contributed by atoms with Crippen LogP contribution in [0, 0.1) is 0 Å². The Bertz CT molecular complexity index is 507. The fraction of sp³-hybridized carbons (Fsp3) is 0.357. The normalized spacial score (nSPS) is 15.3. The number of rotatable bonds is 5. The molecule has 0 unspecified atom stereocenters. The molecule has 6 heteroatoms. The summed E-state index contributed by atoms with van der Waals surface area (Å²) in [5, 5.41) is 0. The summed E-state index contributed by atoms with van der Waals surface area (Å²) in [5.74, 6) is -0.597. The fourth-order valence-corrected chi connectivity index (χ4v) is 1.84. The van der Waals surface area contributed by atoms with E-state index in [1.54, 1.807) is 24.3 Å². The molecule has 0 spiro atoms. The van der Waals surface area contributed by atoms with E-state index in [2.05, 4.69) is 0 Å². The summed E-state index contributed by atoms with van der Waals surface area (Å²) in [4.78, 5) is 36.0. The van der Waals surface area contributed by atoms with E-state index in [0.29, 0.717) is 17.9 Å². The molecule has 1 aliphatic heterocycles. The van der Waals surface area contributed by atoms with Gasteiger partial charge in [0, 0.05) is 5.56 Å². The van der Waals surface area contributed by atoms with Gasteiger partial charge in [0.05, 0.1) is 13.2 Å². The lowest BCUT2D eigenvalue weighted by molar-refractivity contribution is -0.157. The Kier molecular flexibility index (Phi) is 4.47. The van der Waals surface area contributed by atoms with Crippen LogP contribution in [0.5, 0.6) is 5.75 Å². The van der Waals surface area contributed by atoms with Gasteiger partial charge in [-0.2, -0.15) is 0 Å². The molecule has 0 saturated carbocycles. The van der Waals surface area contributed by atoms with Gasteiger partial charge in [-0.3, -0.25) is 19.3 Å². The van der Waals surface area contributed by atoms with E-state index in [9.17, 15) is 14.4 Å². The molecule has 1 aromatic rings. The third-order valence-electron chi connectivity index (χ3n) is 2.84. The Morgan fingerprint density at radius 2 is 1.80 bits per heavy atom. The van der Waals surface area contributed by atoms with Gasteiger partial charge in [-0.1, -0.05) is 0 Å². The summed E-state index contributed by atoms with van der Waals surface area (Å²) in [6.07, 6.45) is 0. The molecule has 0 aliphatic carbocycles. The largest absolute Gasteiger partial charge is 0.494 e. The molecule has 6 nitrogen and oxygen atoms in total. The smallest absolute Gasteiger partial charge is 0.255 e. The van der Waals surface area contributed by atoms with E-state index in [1.807, 2.05) is 6.92 Å². The highest BCUT2D eigenvalue weighted by Gasteiger charge is 2.28. The third kappa shape index (κ3) is 3.21. The minimum Gasteiger partial charge on any atom is -0.494 e. The fourth-order valence-electron chi connectivity index (χ4n) is 1.84. The lowest BCUT2D eigenvalue weighted by Gasteiger charge is -2.24. The molecule has 0 N–H and O–H groups in total. The van der Waals surface area contributed by atoms with Gasteiger partial charge in [0.1, 0.15) is 19.0 Å². The van der Waals surface area contributed by atoms with Gasteiger partial charge in [-0.25, -0.2) is 0 Å². The van der Waals surface area contributed by atoms with Crippen LogP contribution in [-0.4, -0.2) is 48.9 Å². The van der Waals surface area contributed by atoms with E-state index < -0.39 is 11.8 Å². The number of Topliss-reactive ketones (excluding diaryl/α,β-unsaturated/α-hetero) is 1. The van der Waals surface area contributed by atoms with Crippen LogP contribution in [0.25, 0.3) is 0 Å². The highest BCUT2D eigenvalue weighted by molar-refractivity contribution is 6.05. The van der Waals surface area contributed by atoms with Crippen molar-refractivity contribution in [1.29, 1.82) is 0 Å². The first-order valence-electron chi connectivity index (χ1n) is 6.29. The zero-order chi connectivity index (χ0) is 14.5. The first-order valence-corrected chi connectivity index (χ1v) is 6.29. The predicted octanol–water partition coefficient (Wildman–Crippen LogP) is 0.653. The Balaban J connectivity index is 2.03. The zero-order valence-electron chi connectivity index (χ0n) is 11.1. The monoisotopic (exact) mass is 277 g/mol. The quantitative estimate of drug-likeness (QED) is 0.583. The van der Waals surface area contributed by atoms with E-state index in [0.717, 1.165) is 4.90 Å². The number of amides is 2. The number of morpholine rings is 1. The van der Waals surface area contributed by atoms with Crippen LogP contribution in [0.15, 0.2) is 24.3 Å². The summed E-state index contributed by atoms with van der Waals surface area (Å²) >= 11 is 0. The molecule has 0 bridgehead atoms. The summed E-state index contributed by atoms with van der Waals surface area (Å²) in [5.41, 5.74) is 0.431. The van der Waals surface area contributed by atoms with Crippen molar-refractivity contribution in [2.24, 2.45) is 0 Å². The van der Waals surface area contributed by atoms with Crippen LogP contribution in [0.2, 0.25) is 0 Å². The first-order chi connectivity index (χ1) is 9.61. The van der Waals surface area contributed by atoms with Gasteiger partial charge in [0.2, 0.25) is 0 Å². The number of nitrogens with zero attached hydrogens (tertiary/aromatic N) is 1. The highest BCUT2D eigenvalue weighted by atomic mass is 16.5. The lowest BCUT2D eigenvalue weighted by atomic mass is 10.1. The topological polar surface area (TPSA) is 72.9 Å². The summed E-state index contributed by atoms with van der Waals surface area (Å²) in [7, 11) is 0. The van der Waals surface area contributed by atoms with Crippen LogP contribution >= 0.6 is 0 Å². The van der Waals surface area contributed by atoms with Crippen molar-refractivity contribution in [3.63, 3.8) is 0 Å². The van der Waals surface area contributed by atoms with Crippen LogP contribution in [0.4, 0.5) is 0 Å². The van der Waals surface area contributed by atoms with Crippen LogP contribution in [0.1, 0.15) is 17.3 Å². The summed E-state index contributed by atoms with van der Waals surface area (Å²) < 4.78 is 10.1. The molecule has 106 valence electrons. The number of benzene rings is 1. The number of ether oxygens (including phenoxy) is 2. The lowest BCUT2D eigenvalue weighted by Crippen LogP contribution is -2.48. The predicted molar refractivity (Wildman–Crippen MR) is 69.5 cm³/mol. The van der Waals surface area contributed by atoms with Gasteiger partial charge >= 0.3 is 0 Å². The SMILES string of the molecule is CCOc1ccc(C(=O)CN2C(=O)COCC2=O)cc1. The van der Waals surface area contributed by atoms with E-state index in [-0.39, 0.29) is 25.5 Å². The molecule has 0 radical (unpaired) electrons. The van der Waals surface area contributed by atoms with Crippen molar-refractivity contribution in [2.45, 2.75) is 6.92 Å². The average molecular weight is 277 g/mol. The van der Waals surface area contributed by atoms with E-state index >= 15 is 0 Å². The maximum Gasteiger partial charge on any atom is 0.255 e. The van der Waals surface area contributed by atoms with Crippen molar-refractivity contribution in [1.82, 2.24) is 4.90 Å². The van der Waals surface area contributed by atoms with E-state index in [1.165, 1.54) is 0 Å². The highest BCUT2D eigenvalue weighted by Crippen LogP contribution is 2.13. The van der Waals surface area contributed by atoms with Gasteiger partial charge < -0.3 is 9.47 Å². The Morgan fingerprint density at radius 1 is 1.20 bits per heavy atom. The van der Waals surface area contributed by atoms with Crippen molar-refractivity contribution < 1.29 is 23.9 Å². The Hall–Kier alpha value is -2.21. The molecule has 20 heavy (non-hydrogen) atoms. The molecule has 1 fully saturated rings. The molecule has 0 aromatic heterocycles. The van der Waals surface area contributed by atoms with Gasteiger partial charge in [0.15, 0.2) is 5.78 Å². The van der Waals surface area contributed by atoms with Crippen LogP contribution in [0.3, 0.4) is 0 Å². The number of carbonyl (C=O) groups is 3. The molecule has 1 aromatic carbocycles. The Morgan fingerprint density at radius 3 is 2.35 bits per heavy atom. The zero-order valence-corrected chi connectivity index (χ0v) is 11.1. The second-order valence-electron chi connectivity index (χ2n) is 4.25. The molecule has 1 aliphatic rings. The molecule has 1 saturated heterocycles. The second-order valence-corrected chi connectivity index (χ2v) is 4.25. The van der Waals surface area contributed by atoms with Gasteiger partial charge in [-0.15, -0.1) is 0 Å². The number of carbonyl (C=O) groups excluding carboxylic acids is 3. The maximum absolute atomic E-state index is 12.0. The second kappa shape index (κ2) is 6.29. The molecule has 0 atom stereocenters. The standard InChI is InChI=1S/C14H15NO5/c1-2-20-11-5-3-10(4-6-11)12(16)7-15-13(17)8-19-9-14(15)18/h3-6H,2,7-9H2,1H3. The minimum atomic E-state index is -0.486. The van der Waals surface area contributed by atoms with Crippen LogP contribution in [-0.2, 0) is 14.3 Å². The number of imide groups is 1. The van der Waals surface area contributed by atoms with Crippen molar-refractivity contribution in [3.05, 3.63) is 29.8 Å². The minimum absolute atomic E-state index is 0.164. The average Bonchev–Trinajstić information content (AvgIpc) is 2.44. The molecular formula is C14H15NO5. The van der Waals surface area contributed by atoms with Crippen LogP contribution < -0.4 is 4.74 Å².